The monoisotopic (exact) mass is 361 g/mol. The average molecular weight is 363 g/mol. The Balaban J connectivity index is 2.50. The Labute approximate surface area is 114 Å². The largest absolute Gasteiger partial charge is 0.384 e. The summed E-state index contributed by atoms with van der Waals surface area (Å²) in [6.45, 7) is 2.05. The molecule has 3 nitrogen and oxygen atoms in total. The summed E-state index contributed by atoms with van der Waals surface area (Å²) in [6.07, 6.45) is 0.855. The van der Waals surface area contributed by atoms with E-state index in [4.69, 9.17) is 5.73 Å². The summed E-state index contributed by atoms with van der Waals surface area (Å²) in [7, 11) is 0. The van der Waals surface area contributed by atoms with Crippen LogP contribution in [0.15, 0.2) is 20.4 Å². The first-order chi connectivity index (χ1) is 7.60. The Kier molecular flexibility index (Phi) is 3.61. The summed E-state index contributed by atoms with van der Waals surface area (Å²) in [5, 5.41) is 0. The number of hydrogen-bond acceptors (Lipinski definition) is 4. The highest BCUT2D eigenvalue weighted by molar-refractivity contribution is 9.13. The molecule has 16 heavy (non-hydrogen) atoms. The van der Waals surface area contributed by atoms with Gasteiger partial charge in [-0.1, -0.05) is 6.92 Å². The molecule has 0 saturated carbocycles. The van der Waals surface area contributed by atoms with Gasteiger partial charge in [-0.2, -0.15) is 0 Å². The summed E-state index contributed by atoms with van der Waals surface area (Å²) in [5.74, 6) is 1.20. The molecule has 2 heterocycles. The normalized spacial score (nSPS) is 10.7. The zero-order valence-corrected chi connectivity index (χ0v) is 12.5. The predicted octanol–water partition coefficient (Wildman–Crippen LogP) is 3.87. The molecule has 0 radical (unpaired) electrons. The van der Waals surface area contributed by atoms with Crippen LogP contribution in [0.5, 0.6) is 0 Å². The zero-order chi connectivity index (χ0) is 11.7. The lowest BCUT2D eigenvalue weighted by Gasteiger charge is -2.01. The number of thiophene rings is 1. The fourth-order valence-electron chi connectivity index (χ4n) is 1.27. The van der Waals surface area contributed by atoms with Crippen LogP contribution in [0.2, 0.25) is 0 Å². The molecule has 2 aromatic rings. The highest BCUT2D eigenvalue weighted by atomic mass is 79.9. The van der Waals surface area contributed by atoms with Crippen molar-refractivity contribution >= 4 is 49.0 Å². The van der Waals surface area contributed by atoms with Gasteiger partial charge in [0.25, 0.3) is 0 Å². The second kappa shape index (κ2) is 4.81. The predicted molar refractivity (Wildman–Crippen MR) is 74.5 cm³/mol. The number of anilines is 1. The van der Waals surface area contributed by atoms with Crippen LogP contribution >= 0.6 is 43.2 Å². The number of hydrogen-bond donors (Lipinski definition) is 1. The number of halogens is 2. The maximum atomic E-state index is 5.75. The van der Waals surface area contributed by atoms with Crippen molar-refractivity contribution in [2.75, 3.05) is 5.73 Å². The molecule has 0 atom stereocenters. The highest BCUT2D eigenvalue weighted by Gasteiger charge is 2.10. The van der Waals surface area contributed by atoms with Crippen LogP contribution in [-0.2, 0) is 6.42 Å². The Morgan fingerprint density at radius 1 is 1.31 bits per heavy atom. The van der Waals surface area contributed by atoms with Gasteiger partial charge in [0.15, 0.2) is 5.82 Å². The second-order valence-electron chi connectivity index (χ2n) is 3.19. The van der Waals surface area contributed by atoms with Crippen molar-refractivity contribution in [1.82, 2.24) is 9.97 Å². The maximum absolute atomic E-state index is 5.75. The van der Waals surface area contributed by atoms with Crippen LogP contribution in [0.25, 0.3) is 10.7 Å². The summed E-state index contributed by atoms with van der Waals surface area (Å²) in [6, 6.07) is 3.80. The van der Waals surface area contributed by atoms with Crippen molar-refractivity contribution in [3.8, 4) is 10.7 Å². The number of aryl methyl sites for hydroxylation is 1. The van der Waals surface area contributed by atoms with E-state index in [2.05, 4.69) is 41.8 Å². The molecule has 0 amide bonds. The molecule has 2 rings (SSSR count). The summed E-state index contributed by atoms with van der Waals surface area (Å²) < 4.78 is 2.04. The SMILES string of the molecule is CCc1cc(N)nc(-c2cc(Br)c(Br)s2)n1. The fourth-order valence-corrected chi connectivity index (χ4v) is 3.24. The van der Waals surface area contributed by atoms with Crippen LogP contribution in [0, 0.1) is 0 Å². The Bertz CT molecular complexity index is 505. The summed E-state index contributed by atoms with van der Waals surface area (Å²) in [4.78, 5) is 9.70. The summed E-state index contributed by atoms with van der Waals surface area (Å²) in [5.41, 5.74) is 6.71. The lowest BCUT2D eigenvalue weighted by Crippen LogP contribution is -1.98. The van der Waals surface area contributed by atoms with Crippen molar-refractivity contribution in [3.05, 3.63) is 26.1 Å². The molecule has 0 saturated heterocycles. The first-order valence-corrected chi connectivity index (χ1v) is 7.09. The second-order valence-corrected chi connectivity index (χ2v) is 6.42. The van der Waals surface area contributed by atoms with Crippen molar-refractivity contribution in [3.63, 3.8) is 0 Å². The first kappa shape index (κ1) is 12.0. The molecule has 2 N–H and O–H groups in total. The Morgan fingerprint density at radius 3 is 2.62 bits per heavy atom. The van der Waals surface area contributed by atoms with Gasteiger partial charge in [0.1, 0.15) is 5.82 Å². The van der Waals surface area contributed by atoms with Crippen LogP contribution in [0.1, 0.15) is 12.6 Å². The minimum absolute atomic E-state index is 0.516. The van der Waals surface area contributed by atoms with E-state index < -0.39 is 0 Å². The first-order valence-electron chi connectivity index (χ1n) is 4.68. The van der Waals surface area contributed by atoms with E-state index >= 15 is 0 Å². The molecule has 0 fully saturated rings. The molecule has 0 aliphatic rings. The molecule has 0 aliphatic heterocycles. The molecule has 2 aromatic heterocycles. The van der Waals surface area contributed by atoms with Gasteiger partial charge in [0, 0.05) is 16.2 Å². The van der Waals surface area contributed by atoms with Crippen LogP contribution < -0.4 is 5.73 Å². The lowest BCUT2D eigenvalue weighted by atomic mass is 10.3. The van der Waals surface area contributed by atoms with E-state index in [1.165, 1.54) is 0 Å². The standard InChI is InChI=1S/C10H9Br2N3S/c1-2-5-3-8(13)15-10(14-5)7-4-6(11)9(12)16-7/h3-4H,2H2,1H3,(H2,13,14,15). The van der Waals surface area contributed by atoms with Gasteiger partial charge in [-0.3, -0.25) is 0 Å². The van der Waals surface area contributed by atoms with Gasteiger partial charge in [0.2, 0.25) is 0 Å². The lowest BCUT2D eigenvalue weighted by molar-refractivity contribution is 1.01. The van der Waals surface area contributed by atoms with E-state index in [0.29, 0.717) is 11.6 Å². The zero-order valence-electron chi connectivity index (χ0n) is 8.50. The molecule has 0 aliphatic carbocycles. The molecule has 84 valence electrons. The smallest absolute Gasteiger partial charge is 0.171 e. The molecule has 0 aromatic carbocycles. The molecular weight excluding hydrogens is 354 g/mol. The van der Waals surface area contributed by atoms with Crippen molar-refractivity contribution in [2.45, 2.75) is 13.3 Å². The number of rotatable bonds is 2. The van der Waals surface area contributed by atoms with Crippen molar-refractivity contribution in [2.24, 2.45) is 0 Å². The van der Waals surface area contributed by atoms with Gasteiger partial charge < -0.3 is 5.73 Å². The minimum atomic E-state index is 0.516. The Morgan fingerprint density at radius 2 is 2.06 bits per heavy atom. The number of nitrogens with zero attached hydrogens (tertiary/aromatic N) is 2. The highest BCUT2D eigenvalue weighted by Crippen LogP contribution is 2.37. The molecule has 6 heteroatoms. The summed E-state index contributed by atoms with van der Waals surface area (Å²) >= 11 is 8.48. The van der Waals surface area contributed by atoms with Gasteiger partial charge >= 0.3 is 0 Å². The molecular formula is C10H9Br2N3S. The van der Waals surface area contributed by atoms with Crippen LogP contribution in [-0.4, -0.2) is 9.97 Å². The molecule has 0 spiro atoms. The van der Waals surface area contributed by atoms with Gasteiger partial charge in [-0.05, 0) is 44.3 Å². The fraction of sp³-hybridized carbons (Fsp3) is 0.200. The third kappa shape index (κ3) is 2.44. The molecule has 0 bridgehead atoms. The Hall–Kier alpha value is -0.460. The quantitative estimate of drug-likeness (QED) is 0.881. The van der Waals surface area contributed by atoms with Crippen molar-refractivity contribution in [1.29, 1.82) is 0 Å². The van der Waals surface area contributed by atoms with E-state index in [-0.39, 0.29) is 0 Å². The topological polar surface area (TPSA) is 51.8 Å². The average Bonchev–Trinajstić information content (AvgIpc) is 2.58. The molecule has 0 unspecified atom stereocenters. The van der Waals surface area contributed by atoms with Crippen LogP contribution in [0.4, 0.5) is 5.82 Å². The number of aromatic nitrogens is 2. The third-order valence-corrected chi connectivity index (χ3v) is 5.28. The van der Waals surface area contributed by atoms with Crippen LogP contribution in [0.3, 0.4) is 0 Å². The van der Waals surface area contributed by atoms with Gasteiger partial charge in [-0.15, -0.1) is 11.3 Å². The van der Waals surface area contributed by atoms with E-state index in [1.54, 1.807) is 17.4 Å². The van der Waals surface area contributed by atoms with E-state index in [9.17, 15) is 0 Å². The van der Waals surface area contributed by atoms with E-state index in [1.807, 2.05) is 13.0 Å². The van der Waals surface area contributed by atoms with Gasteiger partial charge in [0.05, 0.1) is 8.66 Å². The number of nitrogens with two attached hydrogens (primary N) is 1. The van der Waals surface area contributed by atoms with Gasteiger partial charge in [-0.25, -0.2) is 9.97 Å². The van der Waals surface area contributed by atoms with E-state index in [0.717, 1.165) is 25.3 Å². The maximum Gasteiger partial charge on any atom is 0.171 e. The number of nitrogen functional groups attached to an aromatic ring is 1. The minimum Gasteiger partial charge on any atom is -0.384 e. The van der Waals surface area contributed by atoms with Crippen molar-refractivity contribution < 1.29 is 0 Å². The third-order valence-electron chi connectivity index (χ3n) is 2.03.